The van der Waals surface area contributed by atoms with Gasteiger partial charge in [0.15, 0.2) is 0 Å². The van der Waals surface area contributed by atoms with Gasteiger partial charge in [-0.1, -0.05) is 63.9 Å². The number of hydrogen-bond donors (Lipinski definition) is 3. The molecule has 0 aromatic heterocycles. The minimum absolute atomic E-state index is 0.0779. The number of ether oxygens (including phenoxy) is 1. The van der Waals surface area contributed by atoms with Gasteiger partial charge >= 0.3 is 0 Å². The molecule has 41 heavy (non-hydrogen) atoms. The van der Waals surface area contributed by atoms with E-state index < -0.39 is 11.8 Å². The molecule has 0 heterocycles. The van der Waals surface area contributed by atoms with Crippen LogP contribution in [0.2, 0.25) is 5.02 Å². The van der Waals surface area contributed by atoms with Crippen LogP contribution in [0.25, 0.3) is 6.08 Å². The molecule has 0 fully saturated rings. The Hall–Kier alpha value is -4.05. The number of rotatable bonds is 10. The Morgan fingerprint density at radius 1 is 0.902 bits per heavy atom. The van der Waals surface area contributed by atoms with Gasteiger partial charge in [-0.2, -0.15) is 0 Å². The van der Waals surface area contributed by atoms with Crippen molar-refractivity contribution in [3.8, 4) is 5.75 Å². The van der Waals surface area contributed by atoms with Gasteiger partial charge in [-0.3, -0.25) is 14.4 Å². The molecule has 208 valence electrons. The summed E-state index contributed by atoms with van der Waals surface area (Å²) in [7, 11) is 1.51. The number of thioether (sulfide) groups is 1. The molecule has 0 spiro atoms. The predicted octanol–water partition coefficient (Wildman–Crippen LogP) is 7.25. The van der Waals surface area contributed by atoms with Crippen LogP contribution in [-0.2, 0) is 9.59 Å². The van der Waals surface area contributed by atoms with E-state index in [1.165, 1.54) is 18.9 Å². The second kappa shape index (κ2) is 14.5. The van der Waals surface area contributed by atoms with Gasteiger partial charge in [0.05, 0.1) is 18.6 Å². The average molecular weight is 651 g/mol. The van der Waals surface area contributed by atoms with E-state index in [0.29, 0.717) is 27.7 Å². The molecule has 3 N–H and O–H groups in total. The molecular weight excluding hydrogens is 626 g/mol. The summed E-state index contributed by atoms with van der Waals surface area (Å²) < 4.78 is 6.17. The first-order valence-corrected chi connectivity index (χ1v) is 14.5. The van der Waals surface area contributed by atoms with E-state index in [4.69, 9.17) is 16.3 Å². The van der Waals surface area contributed by atoms with Gasteiger partial charge in [-0.05, 0) is 72.3 Å². The highest BCUT2D eigenvalue weighted by Crippen LogP contribution is 2.28. The van der Waals surface area contributed by atoms with Gasteiger partial charge in [0, 0.05) is 25.6 Å². The number of methoxy groups -OCH3 is 1. The molecule has 4 aromatic rings. The van der Waals surface area contributed by atoms with E-state index >= 15 is 0 Å². The lowest BCUT2D eigenvalue weighted by Crippen LogP contribution is -2.30. The summed E-state index contributed by atoms with van der Waals surface area (Å²) in [6.45, 7) is 0. The Kier molecular flexibility index (Phi) is 10.6. The highest BCUT2D eigenvalue weighted by Gasteiger charge is 2.16. The van der Waals surface area contributed by atoms with Crippen molar-refractivity contribution < 1.29 is 19.1 Å². The summed E-state index contributed by atoms with van der Waals surface area (Å²) in [6.07, 6.45) is 1.61. The van der Waals surface area contributed by atoms with Gasteiger partial charge in [0.2, 0.25) is 5.91 Å². The molecule has 10 heteroatoms. The van der Waals surface area contributed by atoms with Crippen molar-refractivity contribution in [2.45, 2.75) is 4.90 Å². The maximum Gasteiger partial charge on any atom is 0.272 e. The Morgan fingerprint density at radius 2 is 1.66 bits per heavy atom. The number of amides is 3. The van der Waals surface area contributed by atoms with Crippen molar-refractivity contribution in [1.82, 2.24) is 5.32 Å². The maximum absolute atomic E-state index is 13.3. The van der Waals surface area contributed by atoms with Crippen molar-refractivity contribution in [3.05, 3.63) is 123 Å². The predicted molar refractivity (Wildman–Crippen MR) is 168 cm³/mol. The van der Waals surface area contributed by atoms with Crippen molar-refractivity contribution in [2.24, 2.45) is 0 Å². The van der Waals surface area contributed by atoms with Gasteiger partial charge in [0.25, 0.3) is 11.8 Å². The number of anilines is 2. The molecular formula is C31H25BrClN3O4S. The molecule has 0 aliphatic heterocycles. The lowest BCUT2D eigenvalue weighted by atomic mass is 10.1. The van der Waals surface area contributed by atoms with E-state index in [1.807, 2.05) is 36.4 Å². The van der Waals surface area contributed by atoms with E-state index in [9.17, 15) is 14.4 Å². The minimum atomic E-state index is -0.495. The molecule has 0 unspecified atom stereocenters. The number of carbonyl (C=O) groups excluding carboxylic acids is 3. The third-order valence-corrected chi connectivity index (χ3v) is 7.36. The van der Waals surface area contributed by atoms with Crippen LogP contribution in [0.15, 0.2) is 112 Å². The summed E-state index contributed by atoms with van der Waals surface area (Å²) in [5.74, 6) is -0.521. The van der Waals surface area contributed by atoms with Crippen LogP contribution in [0.4, 0.5) is 11.4 Å². The van der Waals surface area contributed by atoms with E-state index in [0.717, 1.165) is 14.9 Å². The second-order valence-corrected chi connectivity index (χ2v) is 11.0. The van der Waals surface area contributed by atoms with Crippen molar-refractivity contribution in [1.29, 1.82) is 0 Å². The van der Waals surface area contributed by atoms with Crippen LogP contribution in [0, 0.1) is 0 Å². The molecule has 3 amide bonds. The number of hydrogen-bond acceptors (Lipinski definition) is 5. The van der Waals surface area contributed by atoms with Crippen LogP contribution in [0.1, 0.15) is 15.9 Å². The first-order valence-electron chi connectivity index (χ1n) is 12.3. The molecule has 0 aliphatic rings. The lowest BCUT2D eigenvalue weighted by Gasteiger charge is -2.13. The largest absolute Gasteiger partial charge is 0.495 e. The second-order valence-electron chi connectivity index (χ2n) is 8.59. The summed E-state index contributed by atoms with van der Waals surface area (Å²) in [5.41, 5.74) is 2.23. The molecule has 0 saturated heterocycles. The molecule has 0 radical (unpaired) electrons. The fourth-order valence-electron chi connectivity index (χ4n) is 3.64. The molecule has 0 saturated carbocycles. The maximum atomic E-state index is 13.3. The normalized spacial score (nSPS) is 11.0. The van der Waals surface area contributed by atoms with Gasteiger partial charge in [-0.25, -0.2) is 0 Å². The lowest BCUT2D eigenvalue weighted by molar-refractivity contribution is -0.114. The zero-order chi connectivity index (χ0) is 29.2. The van der Waals surface area contributed by atoms with Crippen LogP contribution >= 0.6 is 39.3 Å². The quantitative estimate of drug-likeness (QED) is 0.124. The number of benzene rings is 4. The first-order chi connectivity index (χ1) is 19.8. The smallest absolute Gasteiger partial charge is 0.272 e. The third kappa shape index (κ3) is 8.97. The Labute approximate surface area is 255 Å². The standard InChI is InChI=1S/C31H25BrClN3O4S/c1-40-28-15-14-23(33)17-26(28)35-29(37)19-41-25-9-5-8-24(18-25)34-31(39)27(16-20-10-12-22(32)13-11-20)36-30(38)21-6-3-2-4-7-21/h2-18H,19H2,1H3,(H,34,39)(H,35,37)(H,36,38)/b27-16+. The van der Waals surface area contributed by atoms with E-state index in [1.54, 1.807) is 66.7 Å². The highest BCUT2D eigenvalue weighted by molar-refractivity contribution is 9.10. The summed E-state index contributed by atoms with van der Waals surface area (Å²) in [4.78, 5) is 39.5. The molecule has 0 bridgehead atoms. The number of halogens is 2. The summed E-state index contributed by atoms with van der Waals surface area (Å²) >= 11 is 10.7. The first kappa shape index (κ1) is 29.9. The van der Waals surface area contributed by atoms with Crippen molar-refractivity contribution in [3.63, 3.8) is 0 Å². The zero-order valence-corrected chi connectivity index (χ0v) is 25.0. The van der Waals surface area contributed by atoms with E-state index in [-0.39, 0.29) is 17.4 Å². The summed E-state index contributed by atoms with van der Waals surface area (Å²) in [6, 6.07) is 28.1. The third-order valence-electron chi connectivity index (χ3n) is 5.61. The van der Waals surface area contributed by atoms with Crippen LogP contribution in [0.3, 0.4) is 0 Å². The highest BCUT2D eigenvalue weighted by atomic mass is 79.9. The average Bonchev–Trinajstić information content (AvgIpc) is 2.97. The van der Waals surface area contributed by atoms with Crippen LogP contribution < -0.4 is 20.7 Å². The SMILES string of the molecule is COc1ccc(Cl)cc1NC(=O)CSc1cccc(NC(=O)/C(=C\c2ccc(Br)cc2)NC(=O)c2ccccc2)c1. The molecule has 4 aromatic carbocycles. The molecule has 0 atom stereocenters. The molecule has 4 rings (SSSR count). The Balaban J connectivity index is 1.45. The van der Waals surface area contributed by atoms with Crippen molar-refractivity contribution >= 4 is 74.5 Å². The van der Waals surface area contributed by atoms with Gasteiger partial charge in [0.1, 0.15) is 11.4 Å². The van der Waals surface area contributed by atoms with Crippen LogP contribution in [-0.4, -0.2) is 30.6 Å². The fourth-order valence-corrected chi connectivity index (χ4v) is 4.83. The molecule has 7 nitrogen and oxygen atoms in total. The fraction of sp³-hybridized carbons (Fsp3) is 0.0645. The van der Waals surface area contributed by atoms with Gasteiger partial charge < -0.3 is 20.7 Å². The Bertz CT molecular complexity index is 1580. The monoisotopic (exact) mass is 649 g/mol. The van der Waals surface area contributed by atoms with Crippen LogP contribution in [0.5, 0.6) is 5.75 Å². The summed E-state index contributed by atoms with van der Waals surface area (Å²) in [5, 5.41) is 8.85. The topological polar surface area (TPSA) is 96.5 Å². The Morgan fingerprint density at radius 3 is 2.39 bits per heavy atom. The van der Waals surface area contributed by atoms with Gasteiger partial charge in [-0.15, -0.1) is 11.8 Å². The number of nitrogens with one attached hydrogen (secondary N) is 3. The minimum Gasteiger partial charge on any atom is -0.495 e. The number of carbonyl (C=O) groups is 3. The zero-order valence-electron chi connectivity index (χ0n) is 21.8. The molecule has 0 aliphatic carbocycles. The van der Waals surface area contributed by atoms with E-state index in [2.05, 4.69) is 31.9 Å². The van der Waals surface area contributed by atoms with Crippen molar-refractivity contribution in [2.75, 3.05) is 23.5 Å².